The van der Waals surface area contributed by atoms with Crippen LogP contribution in [-0.2, 0) is 9.47 Å². The van der Waals surface area contributed by atoms with E-state index in [0.717, 1.165) is 28.6 Å². The number of morpholine rings is 1. The number of hydrogen-bond acceptors (Lipinski definition) is 5. The van der Waals surface area contributed by atoms with Crippen LogP contribution in [0.15, 0.2) is 12.1 Å². The zero-order valence-electron chi connectivity index (χ0n) is 18.9. The first kappa shape index (κ1) is 21.1. The highest BCUT2D eigenvalue weighted by atomic mass is 16.6. The molecule has 2 aliphatic rings. The van der Waals surface area contributed by atoms with Gasteiger partial charge >= 0.3 is 6.09 Å². The quantitative estimate of drug-likeness (QED) is 0.716. The van der Waals surface area contributed by atoms with Gasteiger partial charge in [-0.2, -0.15) is 5.10 Å². The molecule has 1 amide bonds. The number of amides is 1. The number of rotatable bonds is 2. The lowest BCUT2D eigenvalue weighted by Crippen LogP contribution is -2.45. The first-order valence-electron chi connectivity index (χ1n) is 11.2. The summed E-state index contributed by atoms with van der Waals surface area (Å²) in [5.41, 5.74) is 3.35. The molecule has 0 aromatic carbocycles. The third-order valence-electron chi connectivity index (χ3n) is 6.08. The monoisotopic (exact) mass is 414 g/mol. The van der Waals surface area contributed by atoms with Crippen molar-refractivity contribution in [3.05, 3.63) is 29.2 Å². The fourth-order valence-corrected chi connectivity index (χ4v) is 4.45. The van der Waals surface area contributed by atoms with E-state index in [2.05, 4.69) is 13.0 Å². The van der Waals surface area contributed by atoms with Gasteiger partial charge in [-0.25, -0.2) is 14.3 Å². The molecule has 1 aliphatic heterocycles. The Labute approximate surface area is 178 Å². The van der Waals surface area contributed by atoms with Crippen LogP contribution in [0.5, 0.6) is 0 Å². The van der Waals surface area contributed by atoms with E-state index >= 15 is 0 Å². The maximum Gasteiger partial charge on any atom is 0.410 e. The van der Waals surface area contributed by atoms with Gasteiger partial charge in [-0.05, 0) is 52.5 Å². The zero-order chi connectivity index (χ0) is 21.5. The molecule has 0 N–H and O–H groups in total. The van der Waals surface area contributed by atoms with Crippen molar-refractivity contribution in [2.24, 2.45) is 5.92 Å². The lowest BCUT2D eigenvalue weighted by Gasteiger charge is -2.34. The summed E-state index contributed by atoms with van der Waals surface area (Å²) >= 11 is 0. The Morgan fingerprint density at radius 3 is 2.63 bits per heavy atom. The van der Waals surface area contributed by atoms with Gasteiger partial charge in [0, 0.05) is 24.2 Å². The van der Waals surface area contributed by atoms with E-state index in [0.29, 0.717) is 25.6 Å². The lowest BCUT2D eigenvalue weighted by molar-refractivity contribution is -0.0454. The molecule has 1 saturated carbocycles. The number of ether oxygens (including phenoxy) is 2. The molecule has 3 heterocycles. The molecule has 2 fully saturated rings. The fourth-order valence-electron chi connectivity index (χ4n) is 4.45. The summed E-state index contributed by atoms with van der Waals surface area (Å²) in [6.45, 7) is 11.4. The number of carbonyl (C=O) groups is 1. The summed E-state index contributed by atoms with van der Waals surface area (Å²) < 4.78 is 13.6. The van der Waals surface area contributed by atoms with E-state index in [9.17, 15) is 4.79 Å². The first-order valence-corrected chi connectivity index (χ1v) is 11.2. The number of fused-ring (bicyclic) bond motifs is 1. The standard InChI is InChI=1S/C23H34N4O3/c1-15-6-8-17(9-7-15)18-13-21-24-16(2)12-19(27(21)25-18)20-14-26(10-11-29-20)22(28)30-23(3,4)5/h12-13,15,17,20H,6-11,14H2,1-5H3/t15-,17-,20-/m0/s1. The maximum absolute atomic E-state index is 12.6. The third-order valence-corrected chi connectivity index (χ3v) is 6.08. The molecule has 2 aromatic heterocycles. The Morgan fingerprint density at radius 1 is 1.20 bits per heavy atom. The minimum atomic E-state index is -0.514. The van der Waals surface area contributed by atoms with E-state index in [-0.39, 0.29) is 12.2 Å². The van der Waals surface area contributed by atoms with Crippen molar-refractivity contribution < 1.29 is 14.3 Å². The molecule has 1 saturated heterocycles. The minimum absolute atomic E-state index is 0.255. The van der Waals surface area contributed by atoms with E-state index in [1.165, 1.54) is 25.7 Å². The van der Waals surface area contributed by atoms with Crippen LogP contribution in [0.4, 0.5) is 4.79 Å². The van der Waals surface area contributed by atoms with Gasteiger partial charge in [0.05, 0.1) is 24.5 Å². The second-order valence-electron chi connectivity index (χ2n) is 9.90. The fraction of sp³-hybridized carbons (Fsp3) is 0.696. The van der Waals surface area contributed by atoms with Crippen molar-refractivity contribution in [3.8, 4) is 0 Å². The van der Waals surface area contributed by atoms with Crippen LogP contribution in [0.3, 0.4) is 0 Å². The molecule has 7 nitrogen and oxygen atoms in total. The Bertz CT molecular complexity index is 909. The van der Waals surface area contributed by atoms with Crippen molar-refractivity contribution in [2.75, 3.05) is 19.7 Å². The van der Waals surface area contributed by atoms with Crippen molar-refractivity contribution in [1.82, 2.24) is 19.5 Å². The molecular weight excluding hydrogens is 380 g/mol. The summed E-state index contributed by atoms with van der Waals surface area (Å²) in [5.74, 6) is 1.31. The summed E-state index contributed by atoms with van der Waals surface area (Å²) in [6, 6.07) is 4.15. The maximum atomic E-state index is 12.6. The second kappa shape index (κ2) is 8.17. The SMILES string of the molecule is Cc1cc([C@@H]2CN(C(=O)OC(C)(C)C)CCO2)n2nc([C@H]3CC[C@H](C)CC3)cc2n1. The molecule has 0 spiro atoms. The molecule has 0 unspecified atom stereocenters. The molecule has 2 aromatic rings. The van der Waals surface area contributed by atoms with Crippen molar-refractivity contribution in [3.63, 3.8) is 0 Å². The Hall–Kier alpha value is -2.15. The Kier molecular flexibility index (Phi) is 5.75. The Morgan fingerprint density at radius 2 is 1.93 bits per heavy atom. The number of aromatic nitrogens is 3. The molecular formula is C23H34N4O3. The van der Waals surface area contributed by atoms with Crippen LogP contribution >= 0.6 is 0 Å². The molecule has 164 valence electrons. The van der Waals surface area contributed by atoms with E-state index in [1.807, 2.05) is 38.3 Å². The largest absolute Gasteiger partial charge is 0.444 e. The van der Waals surface area contributed by atoms with E-state index < -0.39 is 5.60 Å². The molecule has 4 rings (SSSR count). The van der Waals surface area contributed by atoms with Crippen LogP contribution in [0, 0.1) is 12.8 Å². The highest BCUT2D eigenvalue weighted by Gasteiger charge is 2.31. The van der Waals surface area contributed by atoms with Gasteiger partial charge in [0.25, 0.3) is 0 Å². The summed E-state index contributed by atoms with van der Waals surface area (Å²) in [7, 11) is 0. The predicted molar refractivity (Wildman–Crippen MR) is 115 cm³/mol. The molecule has 7 heteroatoms. The van der Waals surface area contributed by atoms with Crippen molar-refractivity contribution in [2.45, 2.75) is 77.9 Å². The third kappa shape index (κ3) is 4.61. The molecule has 0 bridgehead atoms. The van der Waals surface area contributed by atoms with Crippen LogP contribution in [-0.4, -0.2) is 50.9 Å². The minimum Gasteiger partial charge on any atom is -0.444 e. The predicted octanol–water partition coefficient (Wildman–Crippen LogP) is 4.64. The van der Waals surface area contributed by atoms with Crippen LogP contribution < -0.4 is 0 Å². The number of carbonyl (C=O) groups excluding carboxylic acids is 1. The number of hydrogen-bond donors (Lipinski definition) is 0. The van der Waals surface area contributed by atoms with E-state index in [1.54, 1.807) is 4.90 Å². The van der Waals surface area contributed by atoms with Crippen LogP contribution in [0.25, 0.3) is 5.65 Å². The van der Waals surface area contributed by atoms with E-state index in [4.69, 9.17) is 19.6 Å². The summed E-state index contributed by atoms with van der Waals surface area (Å²) in [6.07, 6.45) is 4.34. The highest BCUT2D eigenvalue weighted by molar-refractivity contribution is 5.68. The smallest absolute Gasteiger partial charge is 0.410 e. The van der Waals surface area contributed by atoms with Gasteiger partial charge in [-0.3, -0.25) is 0 Å². The van der Waals surface area contributed by atoms with Gasteiger partial charge in [0.15, 0.2) is 5.65 Å². The van der Waals surface area contributed by atoms with Gasteiger partial charge in [-0.1, -0.05) is 19.8 Å². The molecule has 0 radical (unpaired) electrons. The van der Waals surface area contributed by atoms with Crippen LogP contribution in [0.2, 0.25) is 0 Å². The number of aryl methyl sites for hydroxylation is 1. The Balaban J connectivity index is 1.59. The van der Waals surface area contributed by atoms with Gasteiger partial charge in [0.1, 0.15) is 11.7 Å². The average Bonchev–Trinajstić information content (AvgIpc) is 3.10. The topological polar surface area (TPSA) is 69.0 Å². The van der Waals surface area contributed by atoms with Gasteiger partial charge in [-0.15, -0.1) is 0 Å². The van der Waals surface area contributed by atoms with Crippen LogP contribution in [0.1, 0.15) is 82.5 Å². The summed E-state index contributed by atoms with van der Waals surface area (Å²) in [5, 5.41) is 4.95. The van der Waals surface area contributed by atoms with Gasteiger partial charge < -0.3 is 14.4 Å². The molecule has 30 heavy (non-hydrogen) atoms. The average molecular weight is 415 g/mol. The van der Waals surface area contributed by atoms with Crippen molar-refractivity contribution in [1.29, 1.82) is 0 Å². The first-order chi connectivity index (χ1) is 14.2. The lowest BCUT2D eigenvalue weighted by atomic mass is 9.81. The molecule has 1 aliphatic carbocycles. The number of nitrogens with zero attached hydrogens (tertiary/aromatic N) is 4. The zero-order valence-corrected chi connectivity index (χ0v) is 18.9. The van der Waals surface area contributed by atoms with Gasteiger partial charge in [0.2, 0.25) is 0 Å². The molecule has 1 atom stereocenters. The highest BCUT2D eigenvalue weighted by Crippen LogP contribution is 2.35. The second-order valence-corrected chi connectivity index (χ2v) is 9.90. The van der Waals surface area contributed by atoms with Crippen molar-refractivity contribution >= 4 is 11.7 Å². The summed E-state index contributed by atoms with van der Waals surface area (Å²) in [4.78, 5) is 19.0. The normalized spacial score (nSPS) is 25.5.